The molecule has 4 rings (SSSR count). The Kier molecular flexibility index (Phi) is 7.48. The first-order chi connectivity index (χ1) is 16.3. The number of aromatic nitrogens is 4. The van der Waals surface area contributed by atoms with E-state index in [0.717, 1.165) is 35.5 Å². The maximum atomic E-state index is 12.8. The number of carbonyl (C=O) groups is 2. The van der Waals surface area contributed by atoms with Gasteiger partial charge >= 0.3 is 12.4 Å². The zero-order valence-corrected chi connectivity index (χ0v) is 18.6. The summed E-state index contributed by atoms with van der Waals surface area (Å²) >= 11 is 4.96. The molecule has 1 aliphatic rings. The molecule has 14 heteroatoms. The number of rotatable bonds is 2. The van der Waals surface area contributed by atoms with Gasteiger partial charge in [-0.2, -0.15) is 31.4 Å². The SMILES string of the molecule is CC(=O)N1CCc2[nH]nc(-c3cccc(C(F)(F)F)n3)c2C1.O=C(Cl)c1cccc(C(F)(F)F)n1. The van der Waals surface area contributed by atoms with Crippen molar-refractivity contribution in [2.45, 2.75) is 32.2 Å². The van der Waals surface area contributed by atoms with Crippen molar-refractivity contribution in [3.63, 3.8) is 0 Å². The van der Waals surface area contributed by atoms with Crippen LogP contribution < -0.4 is 0 Å². The fourth-order valence-electron chi connectivity index (χ4n) is 3.20. The van der Waals surface area contributed by atoms with Crippen LogP contribution in [0.1, 0.15) is 40.1 Å². The average molecular weight is 520 g/mol. The van der Waals surface area contributed by atoms with E-state index in [0.29, 0.717) is 25.2 Å². The van der Waals surface area contributed by atoms with Crippen molar-refractivity contribution in [3.05, 3.63) is 64.7 Å². The van der Waals surface area contributed by atoms with Crippen molar-refractivity contribution in [2.24, 2.45) is 0 Å². The third kappa shape index (κ3) is 6.35. The van der Waals surface area contributed by atoms with Crippen molar-refractivity contribution < 1.29 is 35.9 Å². The highest BCUT2D eigenvalue weighted by molar-refractivity contribution is 6.67. The van der Waals surface area contributed by atoms with Crippen LogP contribution in [0.3, 0.4) is 0 Å². The summed E-state index contributed by atoms with van der Waals surface area (Å²) in [5.74, 6) is -0.0743. The summed E-state index contributed by atoms with van der Waals surface area (Å²) in [7, 11) is 0. The molecule has 0 fully saturated rings. The Bertz CT molecular complexity index is 1240. The van der Waals surface area contributed by atoms with Crippen LogP contribution in [-0.4, -0.2) is 42.8 Å². The lowest BCUT2D eigenvalue weighted by Gasteiger charge is -2.25. The fourth-order valence-corrected chi connectivity index (χ4v) is 3.31. The molecule has 7 nitrogen and oxygen atoms in total. The molecule has 0 saturated heterocycles. The summed E-state index contributed by atoms with van der Waals surface area (Å²) in [6.07, 6.45) is -8.46. The highest BCUT2D eigenvalue weighted by atomic mass is 35.5. The van der Waals surface area contributed by atoms with Gasteiger partial charge in [0.1, 0.15) is 22.8 Å². The number of nitrogens with zero attached hydrogens (tertiary/aromatic N) is 4. The molecule has 3 aromatic heterocycles. The van der Waals surface area contributed by atoms with Gasteiger partial charge in [-0.1, -0.05) is 12.1 Å². The molecule has 0 spiro atoms. The minimum absolute atomic E-state index is 0.0743. The number of hydrogen-bond donors (Lipinski definition) is 1. The highest BCUT2D eigenvalue weighted by Crippen LogP contribution is 2.32. The van der Waals surface area contributed by atoms with Gasteiger partial charge < -0.3 is 4.90 Å². The lowest BCUT2D eigenvalue weighted by atomic mass is 10.0. The van der Waals surface area contributed by atoms with Crippen LogP contribution in [0.25, 0.3) is 11.4 Å². The number of aromatic amines is 1. The molecule has 1 N–H and O–H groups in total. The second kappa shape index (κ2) is 10.0. The Hall–Kier alpha value is -3.48. The lowest BCUT2D eigenvalue weighted by Crippen LogP contribution is -2.34. The topological polar surface area (TPSA) is 91.8 Å². The smallest absolute Gasteiger partial charge is 0.338 e. The van der Waals surface area contributed by atoms with Gasteiger partial charge in [0.25, 0.3) is 5.24 Å². The summed E-state index contributed by atoms with van der Waals surface area (Å²) in [4.78, 5) is 30.3. The Morgan fingerprint density at radius 1 is 0.971 bits per heavy atom. The average Bonchev–Trinajstić information content (AvgIpc) is 3.22. The molecule has 0 radical (unpaired) electrons. The van der Waals surface area contributed by atoms with Crippen molar-refractivity contribution in [1.29, 1.82) is 0 Å². The Balaban J connectivity index is 0.000000225. The predicted molar refractivity (Wildman–Crippen MR) is 111 cm³/mol. The first-order valence-corrected chi connectivity index (χ1v) is 10.3. The highest BCUT2D eigenvalue weighted by Gasteiger charge is 2.34. The lowest BCUT2D eigenvalue weighted by molar-refractivity contribution is -0.141. The van der Waals surface area contributed by atoms with E-state index in [1.807, 2.05) is 0 Å². The van der Waals surface area contributed by atoms with Gasteiger partial charge in [0.05, 0.1) is 5.69 Å². The zero-order chi connectivity index (χ0) is 26.0. The van der Waals surface area contributed by atoms with Gasteiger partial charge in [0.2, 0.25) is 5.91 Å². The summed E-state index contributed by atoms with van der Waals surface area (Å²) in [5.41, 5.74) is -0.402. The molecule has 0 aromatic carbocycles. The molecule has 3 aromatic rings. The molecule has 0 atom stereocenters. The quantitative estimate of drug-likeness (QED) is 0.385. The number of amides is 1. The molecular formula is C21H16ClF6N5O2. The van der Waals surface area contributed by atoms with E-state index in [9.17, 15) is 35.9 Å². The molecule has 186 valence electrons. The molecule has 4 heterocycles. The Morgan fingerprint density at radius 3 is 2.14 bits per heavy atom. The standard InChI is InChI=1S/C14H13F3N4O.C7H3ClF3NO/c1-8(22)21-6-5-10-9(7-21)13(20-19-10)11-3-2-4-12(18-11)14(15,16)17;8-6(13)4-2-1-3-5(12-4)7(9,10)11/h2-4H,5-7H2,1H3,(H,19,20);1-3H. The van der Waals surface area contributed by atoms with E-state index in [2.05, 4.69) is 20.2 Å². The van der Waals surface area contributed by atoms with Crippen LogP contribution in [-0.2, 0) is 30.1 Å². The third-order valence-corrected chi connectivity index (χ3v) is 5.10. The molecule has 1 amide bonds. The molecule has 0 aliphatic carbocycles. The summed E-state index contributed by atoms with van der Waals surface area (Å²) in [5, 5.41) is 5.92. The van der Waals surface area contributed by atoms with Gasteiger partial charge in [0, 0.05) is 37.7 Å². The second-order valence-corrected chi connectivity index (χ2v) is 7.65. The third-order valence-electron chi connectivity index (χ3n) is 4.90. The fraction of sp³-hybridized carbons (Fsp3) is 0.286. The van der Waals surface area contributed by atoms with E-state index in [4.69, 9.17) is 11.6 Å². The first-order valence-electron chi connectivity index (χ1n) is 9.87. The summed E-state index contributed by atoms with van der Waals surface area (Å²) in [6.45, 7) is 2.36. The van der Waals surface area contributed by atoms with Crippen molar-refractivity contribution in [2.75, 3.05) is 6.54 Å². The predicted octanol–water partition coefficient (Wildman–Crippen LogP) is 4.87. The van der Waals surface area contributed by atoms with E-state index >= 15 is 0 Å². The minimum Gasteiger partial charge on any atom is -0.338 e. The maximum Gasteiger partial charge on any atom is 0.433 e. The number of nitrogens with one attached hydrogen (secondary N) is 1. The van der Waals surface area contributed by atoms with Crippen LogP contribution in [0.2, 0.25) is 0 Å². The maximum absolute atomic E-state index is 12.8. The van der Waals surface area contributed by atoms with Crippen molar-refractivity contribution in [1.82, 2.24) is 25.1 Å². The first kappa shape index (κ1) is 26.1. The normalized spacial score (nSPS) is 13.5. The number of fused-ring (bicyclic) bond motifs is 1. The zero-order valence-electron chi connectivity index (χ0n) is 17.8. The summed E-state index contributed by atoms with van der Waals surface area (Å²) in [6, 6.07) is 6.67. The van der Waals surface area contributed by atoms with Crippen LogP contribution in [0.5, 0.6) is 0 Å². The number of pyridine rings is 2. The summed E-state index contributed by atoms with van der Waals surface area (Å²) < 4.78 is 74.4. The second-order valence-electron chi connectivity index (χ2n) is 7.31. The van der Waals surface area contributed by atoms with E-state index in [-0.39, 0.29) is 11.6 Å². The molecule has 0 saturated carbocycles. The molecule has 0 bridgehead atoms. The van der Waals surface area contributed by atoms with Crippen molar-refractivity contribution in [3.8, 4) is 11.4 Å². The molecule has 1 aliphatic heterocycles. The van der Waals surface area contributed by atoms with E-state index in [1.165, 1.54) is 19.1 Å². The Morgan fingerprint density at radius 2 is 1.57 bits per heavy atom. The number of alkyl halides is 6. The van der Waals surface area contributed by atoms with Gasteiger partial charge in [-0.3, -0.25) is 14.7 Å². The van der Waals surface area contributed by atoms with E-state index in [1.54, 1.807) is 4.90 Å². The van der Waals surface area contributed by atoms with Gasteiger partial charge in [-0.25, -0.2) is 9.97 Å². The number of H-pyrrole nitrogens is 1. The molecular weight excluding hydrogens is 504 g/mol. The van der Waals surface area contributed by atoms with Crippen LogP contribution in [0.15, 0.2) is 36.4 Å². The van der Waals surface area contributed by atoms with Crippen LogP contribution in [0, 0.1) is 0 Å². The van der Waals surface area contributed by atoms with Gasteiger partial charge in [-0.15, -0.1) is 0 Å². The number of carbonyl (C=O) groups excluding carboxylic acids is 2. The van der Waals surface area contributed by atoms with Gasteiger partial charge in [0.15, 0.2) is 0 Å². The van der Waals surface area contributed by atoms with Gasteiger partial charge in [-0.05, 0) is 35.9 Å². The largest absolute Gasteiger partial charge is 0.433 e. The Labute approximate surface area is 199 Å². The van der Waals surface area contributed by atoms with Crippen LogP contribution >= 0.6 is 11.6 Å². The van der Waals surface area contributed by atoms with Crippen LogP contribution in [0.4, 0.5) is 26.3 Å². The van der Waals surface area contributed by atoms with Crippen molar-refractivity contribution >= 4 is 22.8 Å². The number of halogens is 7. The molecule has 35 heavy (non-hydrogen) atoms. The monoisotopic (exact) mass is 519 g/mol. The number of hydrogen-bond acceptors (Lipinski definition) is 5. The molecule has 0 unspecified atom stereocenters. The minimum atomic E-state index is -4.55. The van der Waals surface area contributed by atoms with E-state index < -0.39 is 34.7 Å².